The van der Waals surface area contributed by atoms with E-state index >= 15 is 0 Å². The summed E-state index contributed by atoms with van der Waals surface area (Å²) in [5, 5.41) is 0.912. The second-order valence-corrected chi connectivity index (χ2v) is 6.46. The maximum absolute atomic E-state index is 12.3. The largest absolute Gasteiger partial charge is 0.494 e. The van der Waals surface area contributed by atoms with E-state index < -0.39 is 0 Å². The van der Waals surface area contributed by atoms with E-state index in [1.54, 1.807) is 41.9 Å². The van der Waals surface area contributed by atoms with Crippen molar-refractivity contribution in [3.8, 4) is 5.75 Å². The van der Waals surface area contributed by atoms with Crippen molar-refractivity contribution in [3.05, 3.63) is 76.1 Å². The molecule has 0 N–H and O–H groups in total. The van der Waals surface area contributed by atoms with Crippen molar-refractivity contribution in [2.24, 2.45) is 7.05 Å². The van der Waals surface area contributed by atoms with E-state index in [0.717, 1.165) is 10.9 Å². The monoisotopic (exact) mass is 362 g/mol. The molecule has 2 amide bonds. The second-order valence-electron chi connectivity index (χ2n) is 6.46. The molecular weight excluding hydrogens is 344 g/mol. The number of aryl methyl sites for hydroxylation is 1. The number of pyridine rings is 1. The van der Waals surface area contributed by atoms with Crippen molar-refractivity contribution in [2.45, 2.75) is 6.42 Å². The highest BCUT2D eigenvalue weighted by Gasteiger charge is 2.34. The summed E-state index contributed by atoms with van der Waals surface area (Å²) in [5.41, 5.74) is 1.70. The van der Waals surface area contributed by atoms with Crippen LogP contribution in [0, 0.1) is 0 Å². The third kappa shape index (κ3) is 2.99. The minimum absolute atomic E-state index is 0.0582. The van der Waals surface area contributed by atoms with E-state index in [-0.39, 0.29) is 17.4 Å². The number of benzene rings is 2. The van der Waals surface area contributed by atoms with E-state index in [9.17, 15) is 14.4 Å². The van der Waals surface area contributed by atoms with Gasteiger partial charge in [0, 0.05) is 25.0 Å². The smallest absolute Gasteiger partial charge is 0.261 e. The molecule has 136 valence electrons. The molecule has 0 radical (unpaired) electrons. The fraction of sp³-hybridized carbons (Fsp3) is 0.190. The fourth-order valence-electron chi connectivity index (χ4n) is 3.31. The summed E-state index contributed by atoms with van der Waals surface area (Å²) >= 11 is 0. The number of hydrogen-bond donors (Lipinski definition) is 0. The summed E-state index contributed by atoms with van der Waals surface area (Å²) < 4.78 is 7.34. The first-order valence-corrected chi connectivity index (χ1v) is 8.74. The van der Waals surface area contributed by atoms with Gasteiger partial charge in [-0.25, -0.2) is 0 Å². The van der Waals surface area contributed by atoms with Crippen LogP contribution in [0.15, 0.2) is 59.4 Å². The van der Waals surface area contributed by atoms with E-state index in [1.165, 1.54) is 11.0 Å². The molecule has 0 aliphatic carbocycles. The van der Waals surface area contributed by atoms with Gasteiger partial charge in [0.1, 0.15) is 5.75 Å². The SMILES string of the molecule is Cn1c(=O)ccc2cc(OCCCN3C(=O)c4ccccc4C3=O)ccc21. The lowest BCUT2D eigenvalue weighted by Gasteiger charge is -2.14. The van der Waals surface area contributed by atoms with Crippen molar-refractivity contribution in [2.75, 3.05) is 13.2 Å². The van der Waals surface area contributed by atoms with Crippen LogP contribution < -0.4 is 10.3 Å². The normalized spacial score (nSPS) is 13.3. The van der Waals surface area contributed by atoms with Crippen LogP contribution in [0.1, 0.15) is 27.1 Å². The molecule has 27 heavy (non-hydrogen) atoms. The van der Waals surface area contributed by atoms with E-state index in [1.807, 2.05) is 18.2 Å². The molecule has 6 heteroatoms. The topological polar surface area (TPSA) is 68.6 Å². The zero-order valence-corrected chi connectivity index (χ0v) is 14.8. The van der Waals surface area contributed by atoms with Gasteiger partial charge >= 0.3 is 0 Å². The van der Waals surface area contributed by atoms with Crippen molar-refractivity contribution in [1.29, 1.82) is 0 Å². The highest BCUT2D eigenvalue weighted by molar-refractivity contribution is 6.21. The highest BCUT2D eigenvalue weighted by atomic mass is 16.5. The van der Waals surface area contributed by atoms with Gasteiger partial charge in [0.2, 0.25) is 0 Å². The fourth-order valence-corrected chi connectivity index (χ4v) is 3.31. The number of hydrogen-bond acceptors (Lipinski definition) is 4. The standard InChI is InChI=1S/C21H18N2O4/c1-22-18-9-8-15(13-14(18)7-10-19(22)24)27-12-4-11-23-20(25)16-5-2-3-6-17(16)21(23)26/h2-3,5-10,13H,4,11-12H2,1H3. The first kappa shape index (κ1) is 17.0. The average molecular weight is 362 g/mol. The number of carbonyl (C=O) groups is 2. The third-order valence-electron chi connectivity index (χ3n) is 4.77. The molecule has 0 spiro atoms. The number of aromatic nitrogens is 1. The molecule has 6 nitrogen and oxygen atoms in total. The molecule has 1 aliphatic rings. The Labute approximate surface area is 155 Å². The molecule has 0 fully saturated rings. The van der Waals surface area contributed by atoms with Crippen molar-refractivity contribution in [3.63, 3.8) is 0 Å². The Bertz CT molecular complexity index is 1080. The minimum atomic E-state index is -0.248. The molecular formula is C21H18N2O4. The van der Waals surface area contributed by atoms with Crippen LogP contribution in [0.25, 0.3) is 10.9 Å². The maximum Gasteiger partial charge on any atom is 0.261 e. The molecule has 0 atom stereocenters. The van der Waals surface area contributed by atoms with Crippen molar-refractivity contribution < 1.29 is 14.3 Å². The quantitative estimate of drug-likeness (QED) is 0.517. The van der Waals surface area contributed by atoms with Gasteiger partial charge < -0.3 is 9.30 Å². The van der Waals surface area contributed by atoms with Crippen LogP contribution in [0.3, 0.4) is 0 Å². The summed E-state index contributed by atoms with van der Waals surface area (Å²) in [5.74, 6) is 0.188. The summed E-state index contributed by atoms with van der Waals surface area (Å²) in [6, 6.07) is 15.7. The van der Waals surface area contributed by atoms with Gasteiger partial charge in [-0.15, -0.1) is 0 Å². The number of nitrogens with zero attached hydrogens (tertiary/aromatic N) is 2. The van der Waals surface area contributed by atoms with Crippen LogP contribution in [-0.4, -0.2) is 34.4 Å². The molecule has 4 rings (SSSR count). The summed E-state index contributed by atoms with van der Waals surface area (Å²) in [6.07, 6.45) is 0.538. The molecule has 0 saturated carbocycles. The van der Waals surface area contributed by atoms with Gasteiger partial charge in [0.05, 0.1) is 23.3 Å². The first-order valence-electron chi connectivity index (χ1n) is 8.74. The number of ether oxygens (including phenoxy) is 1. The van der Waals surface area contributed by atoms with Gasteiger partial charge in [-0.1, -0.05) is 12.1 Å². The van der Waals surface area contributed by atoms with E-state index in [4.69, 9.17) is 4.74 Å². The third-order valence-corrected chi connectivity index (χ3v) is 4.77. The number of rotatable bonds is 5. The van der Waals surface area contributed by atoms with Crippen molar-refractivity contribution in [1.82, 2.24) is 9.47 Å². The van der Waals surface area contributed by atoms with Gasteiger partial charge in [0.15, 0.2) is 0 Å². The Kier molecular flexibility index (Phi) is 4.24. The average Bonchev–Trinajstić information content (AvgIpc) is 2.93. The lowest BCUT2D eigenvalue weighted by molar-refractivity contribution is 0.0647. The lowest BCUT2D eigenvalue weighted by Crippen LogP contribution is -2.31. The Morgan fingerprint density at radius 3 is 2.30 bits per heavy atom. The second kappa shape index (κ2) is 6.72. The first-order chi connectivity index (χ1) is 13.1. The van der Waals surface area contributed by atoms with Gasteiger partial charge in [-0.3, -0.25) is 19.3 Å². The summed E-state index contributed by atoms with van der Waals surface area (Å²) in [6.45, 7) is 0.694. The van der Waals surface area contributed by atoms with Gasteiger partial charge in [-0.2, -0.15) is 0 Å². The number of fused-ring (bicyclic) bond motifs is 2. The molecule has 2 heterocycles. The minimum Gasteiger partial charge on any atom is -0.494 e. The number of amides is 2. The Morgan fingerprint density at radius 1 is 0.889 bits per heavy atom. The Hall–Kier alpha value is -3.41. The molecule has 3 aromatic rings. The molecule has 0 unspecified atom stereocenters. The van der Waals surface area contributed by atoms with Crippen LogP contribution in [-0.2, 0) is 7.05 Å². The zero-order chi connectivity index (χ0) is 19.0. The van der Waals surface area contributed by atoms with E-state index in [2.05, 4.69) is 0 Å². The predicted octanol–water partition coefficient (Wildman–Crippen LogP) is 2.60. The summed E-state index contributed by atoms with van der Waals surface area (Å²) in [4.78, 5) is 37.6. The number of carbonyl (C=O) groups excluding carboxylic acids is 2. The maximum atomic E-state index is 12.3. The molecule has 0 saturated heterocycles. The van der Waals surface area contributed by atoms with E-state index in [0.29, 0.717) is 36.4 Å². The molecule has 1 aliphatic heterocycles. The molecule has 1 aromatic heterocycles. The Morgan fingerprint density at radius 2 is 1.59 bits per heavy atom. The zero-order valence-electron chi connectivity index (χ0n) is 14.8. The van der Waals surface area contributed by atoms with Gasteiger partial charge in [0.25, 0.3) is 17.4 Å². The predicted molar refractivity (Wildman–Crippen MR) is 101 cm³/mol. The lowest BCUT2D eigenvalue weighted by atomic mass is 10.1. The van der Waals surface area contributed by atoms with Crippen LogP contribution >= 0.6 is 0 Å². The molecule has 2 aromatic carbocycles. The van der Waals surface area contributed by atoms with Crippen LogP contribution in [0.2, 0.25) is 0 Å². The van der Waals surface area contributed by atoms with Crippen LogP contribution in [0.4, 0.5) is 0 Å². The Balaban J connectivity index is 1.38. The number of imide groups is 1. The molecule has 0 bridgehead atoms. The van der Waals surface area contributed by atoms with Gasteiger partial charge in [-0.05, 0) is 42.8 Å². The van der Waals surface area contributed by atoms with Crippen molar-refractivity contribution >= 4 is 22.7 Å². The summed E-state index contributed by atoms with van der Waals surface area (Å²) in [7, 11) is 1.73. The highest BCUT2D eigenvalue weighted by Crippen LogP contribution is 2.23. The van der Waals surface area contributed by atoms with Crippen LogP contribution in [0.5, 0.6) is 5.75 Å².